The zero-order valence-electron chi connectivity index (χ0n) is 15.0. The molecule has 1 aromatic rings. The highest BCUT2D eigenvalue weighted by Crippen LogP contribution is 2.39. The summed E-state index contributed by atoms with van der Waals surface area (Å²) in [6.07, 6.45) is -1.01. The van der Waals surface area contributed by atoms with Crippen molar-refractivity contribution >= 4 is 11.9 Å². The number of amides is 1. The third-order valence-corrected chi connectivity index (χ3v) is 3.65. The van der Waals surface area contributed by atoms with Crippen LogP contribution in [0.25, 0.3) is 0 Å². The average molecular weight is 321 g/mol. The maximum absolute atomic E-state index is 12.3. The number of ether oxygens (including phenoxy) is 1. The molecule has 0 bridgehead atoms. The minimum absolute atomic E-state index is 0.185. The van der Waals surface area contributed by atoms with Gasteiger partial charge in [-0.25, -0.2) is 4.79 Å². The van der Waals surface area contributed by atoms with Crippen molar-refractivity contribution in [1.82, 2.24) is 0 Å². The van der Waals surface area contributed by atoms with E-state index in [0.717, 1.165) is 0 Å². The third-order valence-electron chi connectivity index (χ3n) is 3.65. The fourth-order valence-corrected chi connectivity index (χ4v) is 2.18. The molecule has 1 atom stereocenters. The number of benzene rings is 1. The lowest BCUT2D eigenvalue weighted by molar-refractivity contribution is -0.125. The Bertz CT molecular complexity index is 586. The number of phenols is 1. The van der Waals surface area contributed by atoms with E-state index in [9.17, 15) is 14.7 Å². The molecule has 0 aliphatic carbocycles. The van der Waals surface area contributed by atoms with Crippen molar-refractivity contribution in [3.63, 3.8) is 0 Å². The molecule has 23 heavy (non-hydrogen) atoms. The van der Waals surface area contributed by atoms with E-state index in [1.54, 1.807) is 12.1 Å². The summed E-state index contributed by atoms with van der Waals surface area (Å²) < 4.78 is 5.08. The first kappa shape index (κ1) is 19.0. The smallest absolute Gasteiger partial charge is 0.338 e. The summed E-state index contributed by atoms with van der Waals surface area (Å²) >= 11 is 0. The van der Waals surface area contributed by atoms with E-state index in [0.29, 0.717) is 16.7 Å². The van der Waals surface area contributed by atoms with Crippen molar-refractivity contribution in [1.29, 1.82) is 0 Å². The Morgan fingerprint density at radius 2 is 1.43 bits per heavy atom. The van der Waals surface area contributed by atoms with Gasteiger partial charge in [0.15, 0.2) is 6.10 Å². The van der Waals surface area contributed by atoms with Crippen LogP contribution in [0.1, 0.15) is 70.0 Å². The summed E-state index contributed by atoms with van der Waals surface area (Å²) in [5, 5.41) is 10.6. The first-order valence-electron chi connectivity index (χ1n) is 7.63. The number of carbonyl (C=O) groups excluding carboxylic acids is 2. The van der Waals surface area contributed by atoms with Crippen LogP contribution < -0.4 is 5.73 Å². The van der Waals surface area contributed by atoms with Gasteiger partial charge in [0.25, 0.3) is 5.91 Å². The molecule has 5 heteroatoms. The van der Waals surface area contributed by atoms with Gasteiger partial charge in [-0.2, -0.15) is 0 Å². The molecule has 0 aromatic heterocycles. The molecular formula is C18H27NO4. The van der Waals surface area contributed by atoms with Crippen molar-refractivity contribution in [3.05, 3.63) is 28.8 Å². The van der Waals surface area contributed by atoms with Gasteiger partial charge in [0.1, 0.15) is 5.75 Å². The van der Waals surface area contributed by atoms with Gasteiger partial charge in [0, 0.05) is 11.1 Å². The quantitative estimate of drug-likeness (QED) is 0.837. The van der Waals surface area contributed by atoms with E-state index in [2.05, 4.69) is 0 Å². The lowest BCUT2D eigenvalue weighted by atomic mass is 9.78. The number of aromatic hydroxyl groups is 1. The second-order valence-electron chi connectivity index (χ2n) is 7.87. The third kappa shape index (κ3) is 4.47. The molecule has 0 aliphatic heterocycles. The number of rotatable bonds is 3. The number of nitrogens with two attached hydrogens (primary N) is 1. The fourth-order valence-electron chi connectivity index (χ4n) is 2.18. The second-order valence-corrected chi connectivity index (χ2v) is 7.87. The fraction of sp³-hybridized carbons (Fsp3) is 0.556. The summed E-state index contributed by atoms with van der Waals surface area (Å²) in [4.78, 5) is 23.4. The summed E-state index contributed by atoms with van der Waals surface area (Å²) in [5.41, 5.74) is 6.03. The molecular weight excluding hydrogens is 294 g/mol. The molecule has 5 nitrogen and oxygen atoms in total. The van der Waals surface area contributed by atoms with Crippen LogP contribution in [0, 0.1) is 0 Å². The number of phenolic OH excluding ortho intramolecular Hbond substituents is 1. The van der Waals surface area contributed by atoms with Crippen molar-refractivity contribution in [2.24, 2.45) is 5.73 Å². The zero-order chi connectivity index (χ0) is 18.2. The highest BCUT2D eigenvalue weighted by Gasteiger charge is 2.28. The van der Waals surface area contributed by atoms with Gasteiger partial charge < -0.3 is 15.6 Å². The number of carbonyl (C=O) groups is 2. The molecule has 128 valence electrons. The Hall–Kier alpha value is -2.04. The van der Waals surface area contributed by atoms with E-state index in [1.165, 1.54) is 6.92 Å². The highest BCUT2D eigenvalue weighted by molar-refractivity contribution is 5.92. The zero-order valence-corrected chi connectivity index (χ0v) is 15.0. The molecule has 0 unspecified atom stereocenters. The molecule has 0 fully saturated rings. The predicted octanol–water partition coefficient (Wildman–Crippen LogP) is 3.02. The number of esters is 1. The lowest BCUT2D eigenvalue weighted by Gasteiger charge is -2.28. The van der Waals surface area contributed by atoms with Crippen molar-refractivity contribution < 1.29 is 19.4 Å². The molecule has 0 saturated heterocycles. The monoisotopic (exact) mass is 321 g/mol. The molecule has 1 amide bonds. The Balaban J connectivity index is 3.45. The molecule has 1 aromatic carbocycles. The minimum Gasteiger partial charge on any atom is -0.507 e. The van der Waals surface area contributed by atoms with Gasteiger partial charge >= 0.3 is 5.97 Å². The Labute approximate surface area is 137 Å². The van der Waals surface area contributed by atoms with E-state index in [1.807, 2.05) is 41.5 Å². The van der Waals surface area contributed by atoms with Crippen LogP contribution in [0.4, 0.5) is 0 Å². The maximum Gasteiger partial charge on any atom is 0.338 e. The molecule has 0 heterocycles. The summed E-state index contributed by atoms with van der Waals surface area (Å²) in [6.45, 7) is 13.2. The van der Waals surface area contributed by atoms with E-state index >= 15 is 0 Å². The minimum atomic E-state index is -1.01. The van der Waals surface area contributed by atoms with Gasteiger partial charge in [-0.3, -0.25) is 4.79 Å². The maximum atomic E-state index is 12.3. The van der Waals surface area contributed by atoms with Crippen LogP contribution in [0.2, 0.25) is 0 Å². The van der Waals surface area contributed by atoms with Gasteiger partial charge in [-0.1, -0.05) is 41.5 Å². The molecule has 0 aliphatic rings. The van der Waals surface area contributed by atoms with Crippen LogP contribution in [0.3, 0.4) is 0 Å². The molecule has 0 radical (unpaired) electrons. The largest absolute Gasteiger partial charge is 0.507 e. The van der Waals surface area contributed by atoms with Gasteiger partial charge in [0.2, 0.25) is 0 Å². The van der Waals surface area contributed by atoms with Gasteiger partial charge in [-0.05, 0) is 29.9 Å². The highest BCUT2D eigenvalue weighted by atomic mass is 16.5. The summed E-state index contributed by atoms with van der Waals surface area (Å²) in [5.74, 6) is -1.15. The average Bonchev–Trinajstić information content (AvgIpc) is 2.35. The number of primary amides is 1. The van der Waals surface area contributed by atoms with Gasteiger partial charge in [-0.15, -0.1) is 0 Å². The topological polar surface area (TPSA) is 89.6 Å². The molecule has 0 saturated carbocycles. The van der Waals surface area contributed by atoms with Crippen LogP contribution in [-0.2, 0) is 20.4 Å². The first-order valence-corrected chi connectivity index (χ1v) is 7.63. The van der Waals surface area contributed by atoms with Crippen LogP contribution in [-0.4, -0.2) is 23.1 Å². The number of hydrogen-bond acceptors (Lipinski definition) is 4. The Morgan fingerprint density at radius 3 is 1.74 bits per heavy atom. The number of hydrogen-bond donors (Lipinski definition) is 2. The van der Waals surface area contributed by atoms with E-state index in [4.69, 9.17) is 10.5 Å². The molecule has 3 N–H and O–H groups in total. The Kier molecular flexibility index (Phi) is 5.14. The van der Waals surface area contributed by atoms with Crippen LogP contribution >= 0.6 is 0 Å². The van der Waals surface area contributed by atoms with Crippen molar-refractivity contribution in [2.75, 3.05) is 0 Å². The van der Waals surface area contributed by atoms with E-state index in [-0.39, 0.29) is 16.6 Å². The molecule has 0 spiro atoms. The summed E-state index contributed by atoms with van der Waals surface area (Å²) in [7, 11) is 0. The van der Waals surface area contributed by atoms with Crippen LogP contribution in [0.15, 0.2) is 12.1 Å². The first-order chi connectivity index (χ1) is 10.2. The van der Waals surface area contributed by atoms with Crippen LogP contribution in [0.5, 0.6) is 5.75 Å². The summed E-state index contributed by atoms with van der Waals surface area (Å²) in [6, 6.07) is 3.22. The van der Waals surface area contributed by atoms with Crippen molar-refractivity contribution in [3.8, 4) is 5.75 Å². The predicted molar refractivity (Wildman–Crippen MR) is 89.6 cm³/mol. The lowest BCUT2D eigenvalue weighted by Crippen LogP contribution is -2.30. The SMILES string of the molecule is C[C@H](OC(=O)c1cc(C(C)(C)C)c(O)c(C(C)(C)C)c1)C(N)=O. The normalized spacial score (nSPS) is 13.5. The van der Waals surface area contributed by atoms with Gasteiger partial charge in [0.05, 0.1) is 5.56 Å². The van der Waals surface area contributed by atoms with Crippen molar-refractivity contribution in [2.45, 2.75) is 65.4 Å². The molecule has 1 rings (SSSR count). The van der Waals surface area contributed by atoms with E-state index < -0.39 is 18.0 Å². The Morgan fingerprint density at radius 1 is 1.04 bits per heavy atom. The standard InChI is InChI=1S/C18H27NO4/c1-10(15(19)21)23-16(22)11-8-12(17(2,3)4)14(20)13(9-11)18(5,6)7/h8-10,20H,1-7H3,(H2,19,21)/t10-/m0/s1. The second kappa shape index (κ2) is 6.22.